The molecule has 1 aromatic carbocycles. The number of anilines is 1. The molecule has 94 valence electrons. The summed E-state index contributed by atoms with van der Waals surface area (Å²) in [4.78, 5) is 2.27. The normalized spacial score (nSPS) is 16.9. The zero-order chi connectivity index (χ0) is 12.4. The Labute approximate surface area is 111 Å². The minimum atomic E-state index is 0.0330. The van der Waals surface area contributed by atoms with Gasteiger partial charge in [0.2, 0.25) is 0 Å². The number of aliphatic hydroxyl groups is 1. The zero-order valence-electron chi connectivity index (χ0n) is 10.1. The smallest absolute Gasteiger partial charge is 0.0606 e. The largest absolute Gasteiger partial charge is 0.395 e. The van der Waals surface area contributed by atoms with Crippen molar-refractivity contribution >= 4 is 21.6 Å². The van der Waals surface area contributed by atoms with E-state index in [-0.39, 0.29) is 12.6 Å². The molecule has 0 aromatic heterocycles. The maximum atomic E-state index is 9.11. The summed E-state index contributed by atoms with van der Waals surface area (Å²) in [6.07, 6.45) is 2.46. The molecule has 1 fully saturated rings. The van der Waals surface area contributed by atoms with Crippen molar-refractivity contribution < 1.29 is 5.11 Å². The van der Waals surface area contributed by atoms with Crippen molar-refractivity contribution in [3.05, 3.63) is 28.2 Å². The molecule has 1 saturated carbocycles. The molecule has 1 atom stereocenters. The lowest BCUT2D eigenvalue weighted by Crippen LogP contribution is -2.28. The van der Waals surface area contributed by atoms with E-state index in [0.29, 0.717) is 12.6 Å². The molecule has 0 radical (unpaired) electrons. The van der Waals surface area contributed by atoms with Crippen LogP contribution in [-0.2, 0) is 0 Å². The molecular formula is C13H19BrN2O. The van der Waals surface area contributed by atoms with E-state index in [1.165, 1.54) is 12.8 Å². The summed E-state index contributed by atoms with van der Waals surface area (Å²) in [7, 11) is 0. The van der Waals surface area contributed by atoms with E-state index >= 15 is 0 Å². The average Bonchev–Trinajstić information content (AvgIpc) is 3.09. The van der Waals surface area contributed by atoms with Gasteiger partial charge in [-0.25, -0.2) is 0 Å². The van der Waals surface area contributed by atoms with Crippen molar-refractivity contribution in [1.82, 2.24) is 0 Å². The second kappa shape index (κ2) is 5.38. The second-order valence-electron chi connectivity index (χ2n) is 4.64. The number of rotatable bonds is 5. The molecule has 4 heteroatoms. The van der Waals surface area contributed by atoms with Gasteiger partial charge in [0, 0.05) is 28.8 Å². The first-order valence-electron chi connectivity index (χ1n) is 6.06. The molecule has 17 heavy (non-hydrogen) atoms. The zero-order valence-corrected chi connectivity index (χ0v) is 11.7. The number of nitrogens with two attached hydrogens (primary N) is 1. The lowest BCUT2D eigenvalue weighted by Gasteiger charge is -2.24. The fourth-order valence-electron chi connectivity index (χ4n) is 2.08. The molecule has 2 rings (SSSR count). The maximum Gasteiger partial charge on any atom is 0.0606 e. The quantitative estimate of drug-likeness (QED) is 0.878. The Morgan fingerprint density at radius 2 is 2.24 bits per heavy atom. The Balaban J connectivity index is 2.22. The molecule has 0 heterocycles. The lowest BCUT2D eigenvalue weighted by molar-refractivity contribution is 0.301. The average molecular weight is 299 g/mol. The summed E-state index contributed by atoms with van der Waals surface area (Å²) >= 11 is 3.57. The van der Waals surface area contributed by atoms with Crippen molar-refractivity contribution in [3.8, 4) is 0 Å². The molecule has 1 aliphatic rings. The first-order valence-corrected chi connectivity index (χ1v) is 6.85. The summed E-state index contributed by atoms with van der Waals surface area (Å²) < 4.78 is 1.05. The fourth-order valence-corrected chi connectivity index (χ4v) is 2.81. The minimum Gasteiger partial charge on any atom is -0.395 e. The van der Waals surface area contributed by atoms with Crippen molar-refractivity contribution in [2.45, 2.75) is 31.8 Å². The van der Waals surface area contributed by atoms with Crippen LogP contribution in [0.15, 0.2) is 22.7 Å². The molecule has 0 saturated heterocycles. The highest BCUT2D eigenvalue weighted by atomic mass is 79.9. The number of hydrogen-bond donors (Lipinski definition) is 2. The lowest BCUT2D eigenvalue weighted by atomic mass is 10.1. The molecule has 0 aliphatic heterocycles. The van der Waals surface area contributed by atoms with Gasteiger partial charge in [-0.1, -0.05) is 22.0 Å². The van der Waals surface area contributed by atoms with Gasteiger partial charge in [0.05, 0.1) is 6.61 Å². The Bertz CT molecular complexity index is 391. The summed E-state index contributed by atoms with van der Waals surface area (Å²) in [6, 6.07) is 6.90. The predicted molar refractivity (Wildman–Crippen MR) is 74.2 cm³/mol. The third kappa shape index (κ3) is 3.00. The second-order valence-corrected chi connectivity index (χ2v) is 5.50. The van der Waals surface area contributed by atoms with Crippen LogP contribution in [0.1, 0.15) is 31.4 Å². The van der Waals surface area contributed by atoms with E-state index < -0.39 is 0 Å². The van der Waals surface area contributed by atoms with Gasteiger partial charge in [0.1, 0.15) is 0 Å². The van der Waals surface area contributed by atoms with Crippen LogP contribution in [0.4, 0.5) is 5.69 Å². The van der Waals surface area contributed by atoms with Crippen LogP contribution >= 0.6 is 15.9 Å². The summed E-state index contributed by atoms with van der Waals surface area (Å²) in [5.41, 5.74) is 8.17. The highest BCUT2D eigenvalue weighted by Crippen LogP contribution is 2.34. The van der Waals surface area contributed by atoms with E-state index in [4.69, 9.17) is 10.8 Å². The SMILES string of the molecule is C[C@H](N)c1ccc(N(CCO)C2CC2)cc1Br. The number of nitrogens with zero attached hydrogens (tertiary/aromatic N) is 1. The van der Waals surface area contributed by atoms with Crippen molar-refractivity contribution in [1.29, 1.82) is 0 Å². The van der Waals surface area contributed by atoms with Crippen LogP contribution in [0.2, 0.25) is 0 Å². The van der Waals surface area contributed by atoms with E-state index in [1.807, 2.05) is 6.92 Å². The van der Waals surface area contributed by atoms with Gasteiger partial charge in [-0.05, 0) is 37.5 Å². The van der Waals surface area contributed by atoms with Crippen molar-refractivity contribution in [2.75, 3.05) is 18.1 Å². The number of halogens is 1. The first kappa shape index (κ1) is 12.9. The van der Waals surface area contributed by atoms with E-state index in [0.717, 1.165) is 15.7 Å². The number of aliphatic hydroxyl groups excluding tert-OH is 1. The summed E-state index contributed by atoms with van der Waals surface area (Å²) in [5, 5.41) is 9.11. The van der Waals surface area contributed by atoms with Gasteiger partial charge >= 0.3 is 0 Å². The molecule has 0 bridgehead atoms. The minimum absolute atomic E-state index is 0.0330. The van der Waals surface area contributed by atoms with Crippen LogP contribution in [0.5, 0.6) is 0 Å². The third-order valence-corrected chi connectivity index (χ3v) is 3.82. The van der Waals surface area contributed by atoms with Crippen LogP contribution in [-0.4, -0.2) is 24.3 Å². The highest BCUT2D eigenvalue weighted by molar-refractivity contribution is 9.10. The summed E-state index contributed by atoms with van der Waals surface area (Å²) in [6.45, 7) is 2.88. The van der Waals surface area contributed by atoms with Crippen LogP contribution in [0.25, 0.3) is 0 Å². The van der Waals surface area contributed by atoms with E-state index in [2.05, 4.69) is 39.0 Å². The van der Waals surface area contributed by atoms with Crippen LogP contribution in [0.3, 0.4) is 0 Å². The molecule has 0 unspecified atom stereocenters. The number of hydrogen-bond acceptors (Lipinski definition) is 3. The fraction of sp³-hybridized carbons (Fsp3) is 0.538. The van der Waals surface area contributed by atoms with Gasteiger partial charge in [-0.15, -0.1) is 0 Å². The Morgan fingerprint density at radius 3 is 2.71 bits per heavy atom. The monoisotopic (exact) mass is 298 g/mol. The Kier molecular flexibility index (Phi) is 4.07. The van der Waals surface area contributed by atoms with E-state index in [1.54, 1.807) is 0 Å². The van der Waals surface area contributed by atoms with Gasteiger partial charge in [0.15, 0.2) is 0 Å². The van der Waals surface area contributed by atoms with Crippen molar-refractivity contribution in [2.24, 2.45) is 5.73 Å². The standard InChI is InChI=1S/C13H19BrN2O/c1-9(15)12-5-4-11(8-13(12)14)16(6-7-17)10-2-3-10/h4-5,8-10,17H,2-3,6-7,15H2,1H3/t9-/m0/s1. The molecule has 0 spiro atoms. The third-order valence-electron chi connectivity index (χ3n) is 3.13. The maximum absolute atomic E-state index is 9.11. The highest BCUT2D eigenvalue weighted by Gasteiger charge is 2.29. The molecule has 3 N–H and O–H groups in total. The Morgan fingerprint density at radius 1 is 1.53 bits per heavy atom. The molecule has 3 nitrogen and oxygen atoms in total. The first-order chi connectivity index (χ1) is 8.13. The van der Waals surface area contributed by atoms with E-state index in [9.17, 15) is 0 Å². The number of benzene rings is 1. The van der Waals surface area contributed by atoms with Gasteiger partial charge in [-0.3, -0.25) is 0 Å². The molecular weight excluding hydrogens is 280 g/mol. The van der Waals surface area contributed by atoms with Gasteiger partial charge < -0.3 is 15.7 Å². The predicted octanol–water partition coefficient (Wildman–Crippen LogP) is 2.43. The van der Waals surface area contributed by atoms with Gasteiger partial charge in [0.25, 0.3) is 0 Å². The Hall–Kier alpha value is -0.580. The van der Waals surface area contributed by atoms with Crippen LogP contribution < -0.4 is 10.6 Å². The molecule has 1 aliphatic carbocycles. The van der Waals surface area contributed by atoms with Crippen molar-refractivity contribution in [3.63, 3.8) is 0 Å². The van der Waals surface area contributed by atoms with Gasteiger partial charge in [-0.2, -0.15) is 0 Å². The van der Waals surface area contributed by atoms with Crippen LogP contribution in [0, 0.1) is 0 Å². The summed E-state index contributed by atoms with van der Waals surface area (Å²) in [5.74, 6) is 0. The topological polar surface area (TPSA) is 49.5 Å². The molecule has 1 aromatic rings. The molecule has 0 amide bonds.